The molecule has 2 nitrogen and oxygen atoms in total. The molecule has 0 amide bonds. The SMILES string of the molecule is CC(C)CC[C@@H](O)[C@@H](C)[C@H]1CC[C@H]2C3CC=C4C[C@@](C)(O)CC[C@@H]4[C@H]3CC[C@]12C. The summed E-state index contributed by atoms with van der Waals surface area (Å²) in [7, 11) is 0. The molecule has 4 rings (SSSR count). The molecule has 4 aliphatic rings. The molecule has 0 bridgehead atoms. The summed E-state index contributed by atoms with van der Waals surface area (Å²) in [6.07, 6.45) is 14.2. The number of rotatable bonds is 5. The summed E-state index contributed by atoms with van der Waals surface area (Å²) in [5.41, 5.74) is 1.53. The van der Waals surface area contributed by atoms with E-state index < -0.39 is 5.60 Å². The van der Waals surface area contributed by atoms with Crippen molar-refractivity contribution in [2.75, 3.05) is 0 Å². The summed E-state index contributed by atoms with van der Waals surface area (Å²) >= 11 is 0. The third-order valence-electron chi connectivity index (χ3n) is 10.1. The predicted molar refractivity (Wildman–Crippen MR) is 120 cm³/mol. The topological polar surface area (TPSA) is 40.5 Å². The van der Waals surface area contributed by atoms with Crippen LogP contribution in [-0.2, 0) is 0 Å². The molecule has 0 aromatic rings. The van der Waals surface area contributed by atoms with Crippen molar-refractivity contribution < 1.29 is 10.2 Å². The highest BCUT2D eigenvalue weighted by Crippen LogP contribution is 2.65. The van der Waals surface area contributed by atoms with E-state index in [9.17, 15) is 10.2 Å². The highest BCUT2D eigenvalue weighted by Gasteiger charge is 2.57. The molecule has 0 spiro atoms. The largest absolute Gasteiger partial charge is 0.393 e. The van der Waals surface area contributed by atoms with Crippen molar-refractivity contribution in [3.05, 3.63) is 11.6 Å². The van der Waals surface area contributed by atoms with E-state index in [-0.39, 0.29) is 6.10 Å². The first-order valence-corrected chi connectivity index (χ1v) is 12.7. The van der Waals surface area contributed by atoms with Crippen molar-refractivity contribution in [3.8, 4) is 0 Å². The molecule has 0 aromatic carbocycles. The number of fused-ring (bicyclic) bond motifs is 5. The van der Waals surface area contributed by atoms with Crippen molar-refractivity contribution in [1.29, 1.82) is 0 Å². The van der Waals surface area contributed by atoms with E-state index >= 15 is 0 Å². The van der Waals surface area contributed by atoms with E-state index in [2.05, 4.69) is 33.8 Å². The van der Waals surface area contributed by atoms with Crippen molar-refractivity contribution in [3.63, 3.8) is 0 Å². The van der Waals surface area contributed by atoms with Gasteiger partial charge in [-0.3, -0.25) is 0 Å². The molecule has 3 fully saturated rings. The van der Waals surface area contributed by atoms with Gasteiger partial charge in [-0.2, -0.15) is 0 Å². The zero-order chi connectivity index (χ0) is 21.0. The van der Waals surface area contributed by atoms with Crippen LogP contribution < -0.4 is 0 Å². The van der Waals surface area contributed by atoms with Crippen LogP contribution >= 0.6 is 0 Å². The molecule has 0 aromatic heterocycles. The van der Waals surface area contributed by atoms with Gasteiger partial charge in [0.2, 0.25) is 0 Å². The first kappa shape index (κ1) is 21.9. The molecular formula is C27H46O2. The summed E-state index contributed by atoms with van der Waals surface area (Å²) in [6.45, 7) is 11.5. The van der Waals surface area contributed by atoms with Crippen LogP contribution in [0.1, 0.15) is 98.8 Å². The van der Waals surface area contributed by atoms with Gasteiger partial charge >= 0.3 is 0 Å². The lowest BCUT2D eigenvalue weighted by Crippen LogP contribution is -2.48. The Morgan fingerprint density at radius 2 is 1.76 bits per heavy atom. The second kappa shape index (κ2) is 7.97. The van der Waals surface area contributed by atoms with Gasteiger partial charge in [0.1, 0.15) is 0 Å². The summed E-state index contributed by atoms with van der Waals surface area (Å²) in [5.74, 6) is 5.07. The van der Waals surface area contributed by atoms with Crippen LogP contribution in [0.2, 0.25) is 0 Å². The lowest BCUT2D eigenvalue weighted by Gasteiger charge is -2.55. The molecule has 0 heterocycles. The monoisotopic (exact) mass is 402 g/mol. The minimum Gasteiger partial charge on any atom is -0.393 e. The van der Waals surface area contributed by atoms with E-state index in [1.54, 1.807) is 5.57 Å². The Morgan fingerprint density at radius 3 is 2.48 bits per heavy atom. The second-order valence-corrected chi connectivity index (χ2v) is 12.4. The van der Waals surface area contributed by atoms with Gasteiger partial charge in [0, 0.05) is 0 Å². The third kappa shape index (κ3) is 3.98. The van der Waals surface area contributed by atoms with Gasteiger partial charge in [0.25, 0.3) is 0 Å². The van der Waals surface area contributed by atoms with E-state index in [1.165, 1.54) is 38.5 Å². The first-order valence-electron chi connectivity index (χ1n) is 12.7. The minimum atomic E-state index is -0.474. The van der Waals surface area contributed by atoms with E-state index in [0.717, 1.165) is 49.4 Å². The van der Waals surface area contributed by atoms with E-state index in [0.29, 0.717) is 23.2 Å². The Hall–Kier alpha value is -0.340. The average molecular weight is 403 g/mol. The Morgan fingerprint density at radius 1 is 1.00 bits per heavy atom. The molecule has 2 heteroatoms. The second-order valence-electron chi connectivity index (χ2n) is 12.4. The molecule has 1 unspecified atom stereocenters. The fourth-order valence-electron chi connectivity index (χ4n) is 8.41. The molecule has 9 atom stereocenters. The minimum absolute atomic E-state index is 0.130. The predicted octanol–water partition coefficient (Wildman–Crippen LogP) is 6.36. The molecule has 29 heavy (non-hydrogen) atoms. The summed E-state index contributed by atoms with van der Waals surface area (Å²) in [6, 6.07) is 0. The fourth-order valence-corrected chi connectivity index (χ4v) is 8.41. The van der Waals surface area contributed by atoms with Crippen molar-refractivity contribution >= 4 is 0 Å². The highest BCUT2D eigenvalue weighted by atomic mass is 16.3. The van der Waals surface area contributed by atoms with Gasteiger partial charge in [-0.25, -0.2) is 0 Å². The van der Waals surface area contributed by atoms with Gasteiger partial charge in [0.15, 0.2) is 0 Å². The van der Waals surface area contributed by atoms with Gasteiger partial charge in [-0.15, -0.1) is 0 Å². The fraction of sp³-hybridized carbons (Fsp3) is 0.926. The number of hydrogen-bond donors (Lipinski definition) is 2. The van der Waals surface area contributed by atoms with Gasteiger partial charge in [0.05, 0.1) is 11.7 Å². The maximum atomic E-state index is 10.9. The van der Waals surface area contributed by atoms with Crippen molar-refractivity contribution in [1.82, 2.24) is 0 Å². The summed E-state index contributed by atoms with van der Waals surface area (Å²) in [5, 5.41) is 21.5. The molecule has 0 aliphatic heterocycles. The molecule has 4 aliphatic carbocycles. The quantitative estimate of drug-likeness (QED) is 0.525. The lowest BCUT2D eigenvalue weighted by atomic mass is 9.50. The normalized spacial score (nSPS) is 46.5. The van der Waals surface area contributed by atoms with Crippen LogP contribution in [0, 0.1) is 46.8 Å². The average Bonchev–Trinajstić information content (AvgIpc) is 3.01. The van der Waals surface area contributed by atoms with Crippen LogP contribution in [0.25, 0.3) is 0 Å². The smallest absolute Gasteiger partial charge is 0.0657 e. The zero-order valence-electron chi connectivity index (χ0n) is 19.7. The number of aliphatic hydroxyl groups excluding tert-OH is 1. The van der Waals surface area contributed by atoms with Crippen LogP contribution in [0.4, 0.5) is 0 Å². The Labute approximate surface area is 179 Å². The van der Waals surface area contributed by atoms with Crippen molar-refractivity contribution in [2.24, 2.45) is 46.8 Å². The van der Waals surface area contributed by atoms with Crippen molar-refractivity contribution in [2.45, 2.75) is 111 Å². The highest BCUT2D eigenvalue weighted by molar-refractivity contribution is 5.21. The molecule has 2 N–H and O–H groups in total. The number of aliphatic hydroxyl groups is 2. The van der Waals surface area contributed by atoms with Crippen LogP contribution in [0.3, 0.4) is 0 Å². The Bertz CT molecular complexity index is 620. The summed E-state index contributed by atoms with van der Waals surface area (Å²) in [4.78, 5) is 0. The van der Waals surface area contributed by atoms with Crippen LogP contribution in [0.15, 0.2) is 11.6 Å². The maximum absolute atomic E-state index is 10.9. The Balaban J connectivity index is 1.48. The molecule has 166 valence electrons. The van der Waals surface area contributed by atoms with E-state index in [4.69, 9.17) is 0 Å². The molecule has 0 radical (unpaired) electrons. The van der Waals surface area contributed by atoms with Crippen LogP contribution in [0.5, 0.6) is 0 Å². The van der Waals surface area contributed by atoms with Crippen LogP contribution in [-0.4, -0.2) is 21.9 Å². The first-order chi connectivity index (χ1) is 13.6. The number of allylic oxidation sites excluding steroid dienone is 1. The molecule has 0 saturated heterocycles. The van der Waals surface area contributed by atoms with Gasteiger partial charge in [-0.05, 0) is 118 Å². The Kier molecular flexibility index (Phi) is 6.01. The molecular weight excluding hydrogens is 356 g/mol. The van der Waals surface area contributed by atoms with Gasteiger partial charge in [-0.1, -0.05) is 39.3 Å². The third-order valence-corrected chi connectivity index (χ3v) is 10.1. The lowest BCUT2D eigenvalue weighted by molar-refractivity contribution is -0.0537. The standard InChI is InChI=1S/C27H46O2/c1-17(2)6-11-25(28)18(3)23-9-10-24-22-8-7-19-16-26(4,29)14-12-20(19)21(22)13-15-27(23,24)5/h7,17-18,20-25,28-29H,6,8-16H2,1-5H3/t18-,20-,21+,22?,23+,24-,25+,26-,27+/m0/s1. The van der Waals surface area contributed by atoms with E-state index in [1.807, 2.05) is 6.92 Å². The zero-order valence-corrected chi connectivity index (χ0v) is 19.7. The summed E-state index contributed by atoms with van der Waals surface area (Å²) < 4.78 is 0. The number of hydrogen-bond acceptors (Lipinski definition) is 2. The maximum Gasteiger partial charge on any atom is 0.0657 e. The molecule has 3 saturated carbocycles. The van der Waals surface area contributed by atoms with Gasteiger partial charge < -0.3 is 10.2 Å².